The number of β-amino-alcohol motifs (C(OH)–C–C–N with tert-alkyl or cyclic N) is 1. The van der Waals surface area contributed by atoms with Gasteiger partial charge in [0.15, 0.2) is 0 Å². The molecule has 120 valence electrons. The number of hydrogen-bond acceptors (Lipinski definition) is 3. The summed E-state index contributed by atoms with van der Waals surface area (Å²) in [5.41, 5.74) is 1.43. The monoisotopic (exact) mass is 315 g/mol. The zero-order chi connectivity index (χ0) is 16.0. The summed E-state index contributed by atoms with van der Waals surface area (Å²) in [7, 11) is 0. The van der Waals surface area contributed by atoms with Gasteiger partial charge in [0.2, 0.25) is 0 Å². The Morgan fingerprint density at radius 2 is 1.96 bits per heavy atom. The first-order chi connectivity index (χ1) is 11.1. The number of carbonyl (C=O) groups excluding carboxylic acids is 1. The van der Waals surface area contributed by atoms with Gasteiger partial charge in [-0.05, 0) is 43.0 Å². The molecule has 2 aromatic rings. The minimum Gasteiger partial charge on any atom is -0.468 e. The number of benzene rings is 1. The van der Waals surface area contributed by atoms with Gasteiger partial charge in [0.25, 0.3) is 5.91 Å². The van der Waals surface area contributed by atoms with E-state index in [4.69, 9.17) is 4.42 Å². The topological polar surface area (TPSA) is 53.7 Å². The van der Waals surface area contributed by atoms with E-state index in [0.717, 1.165) is 24.2 Å². The first-order valence-electron chi connectivity index (χ1n) is 7.95. The maximum absolute atomic E-state index is 13.1. The molecule has 1 amide bonds. The van der Waals surface area contributed by atoms with E-state index < -0.39 is 6.10 Å². The van der Waals surface area contributed by atoms with Crippen molar-refractivity contribution >= 4 is 5.91 Å². The van der Waals surface area contributed by atoms with Crippen molar-refractivity contribution in [2.75, 3.05) is 6.54 Å². The number of hydrogen-bond donors (Lipinski definition) is 1. The van der Waals surface area contributed by atoms with Crippen LogP contribution in [-0.2, 0) is 0 Å². The Bertz CT molecular complexity index is 720. The molecule has 1 saturated heterocycles. The Labute approximate surface area is 133 Å². The van der Waals surface area contributed by atoms with E-state index in [1.54, 1.807) is 29.4 Å². The van der Waals surface area contributed by atoms with Gasteiger partial charge in [0, 0.05) is 12.5 Å². The minimum atomic E-state index is -0.565. The normalized spacial score (nSPS) is 24.2. The van der Waals surface area contributed by atoms with Gasteiger partial charge in [-0.2, -0.15) is 0 Å². The summed E-state index contributed by atoms with van der Waals surface area (Å²) >= 11 is 0. The molecule has 4 rings (SSSR count). The van der Waals surface area contributed by atoms with Crippen LogP contribution in [0.1, 0.15) is 52.9 Å². The molecule has 1 aromatic carbocycles. The fourth-order valence-electron chi connectivity index (χ4n) is 3.35. The number of furan rings is 1. The lowest BCUT2D eigenvalue weighted by Gasteiger charge is -2.24. The van der Waals surface area contributed by atoms with Gasteiger partial charge in [0.1, 0.15) is 11.6 Å². The van der Waals surface area contributed by atoms with Crippen molar-refractivity contribution in [3.05, 3.63) is 59.3 Å². The molecule has 2 heterocycles. The summed E-state index contributed by atoms with van der Waals surface area (Å²) in [6.07, 6.45) is 3.56. The summed E-state index contributed by atoms with van der Waals surface area (Å²) in [6.45, 7) is 0.288. The minimum absolute atomic E-state index is 0.119. The van der Waals surface area contributed by atoms with Crippen LogP contribution in [0.25, 0.3) is 0 Å². The van der Waals surface area contributed by atoms with E-state index in [1.807, 2.05) is 0 Å². The number of aliphatic hydroxyl groups is 1. The average Bonchev–Trinajstić information content (AvgIpc) is 3.14. The smallest absolute Gasteiger partial charge is 0.258 e. The van der Waals surface area contributed by atoms with Crippen LogP contribution in [0, 0.1) is 5.82 Å². The molecule has 0 spiro atoms. The molecule has 2 atom stereocenters. The maximum atomic E-state index is 13.1. The van der Waals surface area contributed by atoms with E-state index in [1.165, 1.54) is 12.1 Å². The van der Waals surface area contributed by atoms with Crippen LogP contribution in [0.4, 0.5) is 4.39 Å². The molecular weight excluding hydrogens is 297 g/mol. The number of likely N-dealkylation sites (tertiary alicyclic amines) is 1. The van der Waals surface area contributed by atoms with Crippen molar-refractivity contribution in [1.82, 2.24) is 4.90 Å². The van der Waals surface area contributed by atoms with Gasteiger partial charge < -0.3 is 14.4 Å². The number of nitrogens with zero attached hydrogens (tertiary/aromatic N) is 1. The maximum Gasteiger partial charge on any atom is 0.258 e. The Hall–Kier alpha value is -2.14. The van der Waals surface area contributed by atoms with E-state index in [9.17, 15) is 14.3 Å². The van der Waals surface area contributed by atoms with Crippen molar-refractivity contribution in [1.29, 1.82) is 0 Å². The summed E-state index contributed by atoms with van der Waals surface area (Å²) in [4.78, 5) is 14.6. The largest absolute Gasteiger partial charge is 0.468 e. The number of carbonyl (C=O) groups is 1. The van der Waals surface area contributed by atoms with Gasteiger partial charge in [-0.1, -0.05) is 12.1 Å². The highest BCUT2D eigenvalue weighted by atomic mass is 19.1. The third-order valence-corrected chi connectivity index (χ3v) is 4.67. The average molecular weight is 315 g/mol. The molecule has 23 heavy (non-hydrogen) atoms. The van der Waals surface area contributed by atoms with Crippen molar-refractivity contribution in [2.45, 2.75) is 37.3 Å². The van der Waals surface area contributed by atoms with Crippen LogP contribution in [-0.4, -0.2) is 28.6 Å². The molecule has 1 aromatic heterocycles. The standard InChI is InChI=1S/C18H18FNO3/c19-13-5-3-11(4-6-13)16-9-14(21)10-20(16)18(22)15-7-8-23-17(15)12-1-2-12/h3-8,12,14,16,21H,1-2,9-10H2. The molecule has 0 radical (unpaired) electrons. The Morgan fingerprint density at radius 1 is 1.22 bits per heavy atom. The van der Waals surface area contributed by atoms with Gasteiger partial charge in [0.05, 0.1) is 24.0 Å². The van der Waals surface area contributed by atoms with Crippen molar-refractivity contribution < 1.29 is 18.7 Å². The van der Waals surface area contributed by atoms with E-state index in [0.29, 0.717) is 17.9 Å². The SMILES string of the molecule is O=C(c1ccoc1C1CC1)N1CC(O)CC1c1ccc(F)cc1. The highest BCUT2D eigenvalue weighted by Crippen LogP contribution is 2.43. The number of amides is 1. The molecule has 2 unspecified atom stereocenters. The van der Waals surface area contributed by atoms with Crippen LogP contribution >= 0.6 is 0 Å². The molecule has 1 saturated carbocycles. The Balaban J connectivity index is 1.64. The Kier molecular flexibility index (Phi) is 3.45. The fraction of sp³-hybridized carbons (Fsp3) is 0.389. The van der Waals surface area contributed by atoms with Crippen molar-refractivity contribution in [3.63, 3.8) is 0 Å². The van der Waals surface area contributed by atoms with E-state index >= 15 is 0 Å². The number of halogens is 1. The van der Waals surface area contributed by atoms with Crippen LogP contribution in [0.15, 0.2) is 41.0 Å². The second kappa shape index (κ2) is 5.49. The third-order valence-electron chi connectivity index (χ3n) is 4.67. The molecule has 4 nitrogen and oxygen atoms in total. The van der Waals surface area contributed by atoms with Gasteiger partial charge in [-0.25, -0.2) is 4.39 Å². The van der Waals surface area contributed by atoms with E-state index in [-0.39, 0.29) is 24.3 Å². The molecule has 1 aliphatic heterocycles. The summed E-state index contributed by atoms with van der Waals surface area (Å²) in [6, 6.07) is 7.60. The number of rotatable bonds is 3. The quantitative estimate of drug-likeness (QED) is 0.946. The zero-order valence-corrected chi connectivity index (χ0v) is 12.6. The second-order valence-corrected chi connectivity index (χ2v) is 6.39. The Morgan fingerprint density at radius 3 is 2.65 bits per heavy atom. The first-order valence-corrected chi connectivity index (χ1v) is 7.95. The van der Waals surface area contributed by atoms with Gasteiger partial charge >= 0.3 is 0 Å². The molecule has 0 bridgehead atoms. The molecule has 1 N–H and O–H groups in total. The predicted molar refractivity (Wildman–Crippen MR) is 81.5 cm³/mol. The lowest BCUT2D eigenvalue weighted by atomic mass is 10.0. The molecular formula is C18H18FNO3. The fourth-order valence-corrected chi connectivity index (χ4v) is 3.35. The lowest BCUT2D eigenvalue weighted by molar-refractivity contribution is 0.0713. The summed E-state index contributed by atoms with van der Waals surface area (Å²) < 4.78 is 18.6. The van der Waals surface area contributed by atoms with Crippen molar-refractivity contribution in [3.8, 4) is 0 Å². The third kappa shape index (κ3) is 2.65. The predicted octanol–water partition coefficient (Wildman–Crippen LogP) is 3.24. The highest BCUT2D eigenvalue weighted by Gasteiger charge is 2.39. The second-order valence-electron chi connectivity index (χ2n) is 6.39. The molecule has 2 aliphatic rings. The van der Waals surface area contributed by atoms with Crippen LogP contribution in [0.3, 0.4) is 0 Å². The number of aliphatic hydroxyl groups excluding tert-OH is 1. The zero-order valence-electron chi connectivity index (χ0n) is 12.6. The summed E-state index contributed by atoms with van der Waals surface area (Å²) in [5.74, 6) is 0.678. The first kappa shape index (κ1) is 14.5. The molecule has 5 heteroatoms. The molecule has 1 aliphatic carbocycles. The van der Waals surface area contributed by atoms with Crippen LogP contribution in [0.5, 0.6) is 0 Å². The van der Waals surface area contributed by atoms with Crippen LogP contribution in [0.2, 0.25) is 0 Å². The van der Waals surface area contributed by atoms with Crippen LogP contribution < -0.4 is 0 Å². The molecule has 2 fully saturated rings. The van der Waals surface area contributed by atoms with E-state index in [2.05, 4.69) is 0 Å². The van der Waals surface area contributed by atoms with Gasteiger partial charge in [-0.15, -0.1) is 0 Å². The summed E-state index contributed by atoms with van der Waals surface area (Å²) in [5, 5.41) is 10.0. The van der Waals surface area contributed by atoms with Crippen molar-refractivity contribution in [2.24, 2.45) is 0 Å². The highest BCUT2D eigenvalue weighted by molar-refractivity contribution is 5.96. The van der Waals surface area contributed by atoms with Gasteiger partial charge in [-0.3, -0.25) is 4.79 Å². The lowest BCUT2D eigenvalue weighted by Crippen LogP contribution is -2.32.